The Labute approximate surface area is 100 Å². The van der Waals surface area contributed by atoms with E-state index in [-0.39, 0.29) is 8.64 Å². The lowest BCUT2D eigenvalue weighted by Crippen LogP contribution is -2.35. The Hall–Kier alpha value is -0.510. The molecule has 0 spiro atoms. The van der Waals surface area contributed by atoms with Crippen molar-refractivity contribution in [2.24, 2.45) is 0 Å². The van der Waals surface area contributed by atoms with Gasteiger partial charge in [0, 0.05) is 0 Å². The van der Waals surface area contributed by atoms with Gasteiger partial charge in [-0.25, -0.2) is 14.6 Å². The summed E-state index contributed by atoms with van der Waals surface area (Å²) in [5.41, 5.74) is 0. The van der Waals surface area contributed by atoms with E-state index < -0.39 is 17.8 Å². The highest BCUT2D eigenvalue weighted by Gasteiger charge is 2.47. The monoisotopic (exact) mass is 266 g/mol. The largest absolute Gasteiger partial charge is 0.345 e. The van der Waals surface area contributed by atoms with Crippen LogP contribution in [0.15, 0.2) is 0 Å². The molecule has 9 heteroatoms. The predicted octanol–water partition coefficient (Wildman–Crippen LogP) is 0.207. The third-order valence-electron chi connectivity index (χ3n) is 1.35. The van der Waals surface area contributed by atoms with Crippen molar-refractivity contribution in [1.29, 1.82) is 0 Å². The molecule has 74 valence electrons. The smallest absolute Gasteiger partial charge is 0.262 e. The number of hydrogen-bond donors (Lipinski definition) is 2. The van der Waals surface area contributed by atoms with Crippen LogP contribution in [0.25, 0.3) is 0 Å². The van der Waals surface area contributed by atoms with E-state index in [1.165, 1.54) is 0 Å². The number of thiol groups is 2. The minimum Gasteiger partial charge on any atom is -0.262 e. The van der Waals surface area contributed by atoms with Gasteiger partial charge in [-0.15, -0.1) is 25.3 Å². The van der Waals surface area contributed by atoms with Crippen molar-refractivity contribution in [2.45, 2.75) is 0 Å². The average molecular weight is 266 g/mol. The molecular formula is C5H2N2O3S4. The lowest BCUT2D eigenvalue weighted by atomic mass is 10.6. The molecule has 0 atom stereocenters. The molecule has 0 N–H and O–H groups in total. The van der Waals surface area contributed by atoms with Crippen molar-refractivity contribution in [1.82, 2.24) is 9.80 Å². The first kappa shape index (κ1) is 11.6. The zero-order valence-corrected chi connectivity index (χ0v) is 9.75. The van der Waals surface area contributed by atoms with E-state index in [0.717, 1.165) is 0 Å². The van der Waals surface area contributed by atoms with E-state index in [1.54, 1.807) is 0 Å². The minimum absolute atomic E-state index is 0.305. The Morgan fingerprint density at radius 3 is 1.36 bits per heavy atom. The number of thiocarbonyl (C=S) groups is 2. The van der Waals surface area contributed by atoms with E-state index in [2.05, 4.69) is 49.7 Å². The summed E-state index contributed by atoms with van der Waals surface area (Å²) in [6.07, 6.45) is 0. The van der Waals surface area contributed by atoms with Crippen LogP contribution in [0, 0.1) is 0 Å². The Balaban J connectivity index is 3.16. The molecule has 0 unspecified atom stereocenters. The molecular weight excluding hydrogens is 264 g/mol. The lowest BCUT2D eigenvalue weighted by molar-refractivity contribution is -0.140. The van der Waals surface area contributed by atoms with Crippen molar-refractivity contribution in [2.75, 3.05) is 0 Å². The highest BCUT2D eigenvalue weighted by atomic mass is 32.1. The van der Waals surface area contributed by atoms with Crippen LogP contribution in [0.3, 0.4) is 0 Å². The lowest BCUT2D eigenvalue weighted by Gasteiger charge is -2.10. The molecule has 0 saturated carbocycles. The summed E-state index contributed by atoms with van der Waals surface area (Å²) in [6, 6.07) is -0.944. The molecule has 0 aromatic carbocycles. The van der Waals surface area contributed by atoms with Gasteiger partial charge in [0.15, 0.2) is 0 Å². The summed E-state index contributed by atoms with van der Waals surface area (Å²) < 4.78 is -0.610. The van der Waals surface area contributed by atoms with Crippen LogP contribution in [0.1, 0.15) is 0 Å². The molecule has 1 saturated heterocycles. The molecule has 0 bridgehead atoms. The Morgan fingerprint density at radius 2 is 1.21 bits per heavy atom. The van der Waals surface area contributed by atoms with Gasteiger partial charge in [-0.05, 0) is 0 Å². The van der Waals surface area contributed by atoms with Crippen molar-refractivity contribution in [3.05, 3.63) is 0 Å². The normalized spacial score (nSPS) is 16.6. The van der Waals surface area contributed by atoms with Gasteiger partial charge < -0.3 is 0 Å². The van der Waals surface area contributed by atoms with Crippen LogP contribution >= 0.6 is 49.7 Å². The summed E-state index contributed by atoms with van der Waals surface area (Å²) in [5, 5.41) is 0. The highest BCUT2D eigenvalue weighted by Crippen LogP contribution is 2.16. The molecule has 1 rings (SSSR count). The van der Waals surface area contributed by atoms with Gasteiger partial charge in [0.1, 0.15) is 8.64 Å². The van der Waals surface area contributed by atoms with Crippen LogP contribution in [-0.4, -0.2) is 36.3 Å². The minimum atomic E-state index is -1.08. The van der Waals surface area contributed by atoms with Crippen LogP contribution in [0.2, 0.25) is 0 Å². The highest BCUT2D eigenvalue weighted by molar-refractivity contribution is 8.11. The van der Waals surface area contributed by atoms with E-state index in [4.69, 9.17) is 0 Å². The quantitative estimate of drug-likeness (QED) is 0.284. The fourth-order valence-electron chi connectivity index (χ4n) is 0.802. The summed E-state index contributed by atoms with van der Waals surface area (Å²) in [7, 11) is 0. The van der Waals surface area contributed by atoms with Crippen LogP contribution in [0.4, 0.5) is 4.79 Å². The number of urea groups is 1. The molecule has 1 heterocycles. The number of nitrogens with zero attached hydrogens (tertiary/aromatic N) is 2. The molecule has 14 heavy (non-hydrogen) atoms. The van der Waals surface area contributed by atoms with Crippen molar-refractivity contribution in [3.63, 3.8) is 0 Å². The van der Waals surface area contributed by atoms with Crippen molar-refractivity contribution >= 4 is 76.2 Å². The SMILES string of the molecule is O=C1C(=O)N(C(=S)S)C(=O)N1C(=S)S. The molecule has 0 aromatic heterocycles. The number of carbonyl (C=O) groups is 3. The maximum atomic E-state index is 11.3. The molecule has 1 aliphatic rings. The van der Waals surface area contributed by atoms with Gasteiger partial charge >= 0.3 is 17.8 Å². The first-order chi connectivity index (χ1) is 6.37. The van der Waals surface area contributed by atoms with E-state index in [0.29, 0.717) is 9.80 Å². The summed E-state index contributed by atoms with van der Waals surface area (Å²) in [4.78, 5) is 34.6. The first-order valence-corrected chi connectivity index (χ1v) is 4.77. The topological polar surface area (TPSA) is 57.7 Å². The molecule has 1 aliphatic heterocycles. The van der Waals surface area contributed by atoms with Crippen LogP contribution in [-0.2, 0) is 9.59 Å². The Bertz CT molecular complexity index is 345. The molecule has 1 fully saturated rings. The van der Waals surface area contributed by atoms with E-state index in [1.807, 2.05) is 0 Å². The summed E-state index contributed by atoms with van der Waals surface area (Å²) >= 11 is 16.3. The predicted molar refractivity (Wildman–Crippen MR) is 62.3 cm³/mol. The standard InChI is InChI=1S/C5H2N2O3S4/c8-1-2(9)7(5(13)14)3(10)6(1)4(11)12/h(H,11,12)(H,13,14). The van der Waals surface area contributed by atoms with Gasteiger partial charge in [0.25, 0.3) is 0 Å². The molecule has 0 aromatic rings. The third kappa shape index (κ3) is 1.67. The third-order valence-corrected chi connectivity index (χ3v) is 2.12. The van der Waals surface area contributed by atoms with Gasteiger partial charge in [-0.3, -0.25) is 9.59 Å². The summed E-state index contributed by atoms with van der Waals surface area (Å²) in [6.45, 7) is 0. The second-order valence-electron chi connectivity index (χ2n) is 2.13. The van der Waals surface area contributed by atoms with Gasteiger partial charge in [-0.2, -0.15) is 0 Å². The second-order valence-corrected chi connectivity index (χ2v) is 4.35. The Morgan fingerprint density at radius 1 is 0.929 bits per heavy atom. The summed E-state index contributed by atoms with van der Waals surface area (Å²) in [5.74, 6) is -2.15. The number of carbonyl (C=O) groups excluding carboxylic acids is 3. The number of imide groups is 2. The number of rotatable bonds is 0. The van der Waals surface area contributed by atoms with Crippen LogP contribution in [0.5, 0.6) is 0 Å². The molecule has 4 amide bonds. The van der Waals surface area contributed by atoms with Crippen LogP contribution < -0.4 is 0 Å². The zero-order chi connectivity index (χ0) is 11.0. The first-order valence-electron chi connectivity index (χ1n) is 3.06. The molecule has 0 radical (unpaired) electrons. The fourth-order valence-corrected chi connectivity index (χ4v) is 1.48. The fraction of sp³-hybridized carbons (Fsp3) is 0. The average Bonchev–Trinajstić information content (AvgIpc) is 2.23. The molecule has 0 aliphatic carbocycles. The zero-order valence-electron chi connectivity index (χ0n) is 6.33. The van der Waals surface area contributed by atoms with Gasteiger partial charge in [0.2, 0.25) is 0 Å². The van der Waals surface area contributed by atoms with Crippen molar-refractivity contribution in [3.8, 4) is 0 Å². The van der Waals surface area contributed by atoms with Gasteiger partial charge in [0.05, 0.1) is 0 Å². The molecule has 5 nitrogen and oxygen atoms in total. The maximum absolute atomic E-state index is 11.3. The Kier molecular flexibility index (Phi) is 3.24. The number of hydrogen-bond acceptors (Lipinski definition) is 5. The second kappa shape index (κ2) is 3.93. The van der Waals surface area contributed by atoms with Crippen molar-refractivity contribution < 1.29 is 14.4 Å². The maximum Gasteiger partial charge on any atom is 0.345 e. The van der Waals surface area contributed by atoms with E-state index in [9.17, 15) is 14.4 Å². The number of amides is 4. The van der Waals surface area contributed by atoms with E-state index >= 15 is 0 Å². The van der Waals surface area contributed by atoms with Gasteiger partial charge in [-0.1, -0.05) is 24.4 Å².